The minimum Gasteiger partial charge on any atom is -0.378 e. The van der Waals surface area contributed by atoms with Crippen molar-refractivity contribution in [3.63, 3.8) is 0 Å². The van der Waals surface area contributed by atoms with Crippen molar-refractivity contribution in [3.05, 3.63) is 42.0 Å². The van der Waals surface area contributed by atoms with Crippen LogP contribution in [-0.4, -0.2) is 47.9 Å². The molecule has 0 aliphatic heterocycles. The van der Waals surface area contributed by atoms with E-state index in [1.54, 1.807) is 6.33 Å². The lowest BCUT2D eigenvalue weighted by Crippen LogP contribution is -2.38. The predicted octanol–water partition coefficient (Wildman–Crippen LogP) is 1.66. The molecule has 0 spiro atoms. The fourth-order valence-corrected chi connectivity index (χ4v) is 2.45. The number of benzene rings is 1. The Labute approximate surface area is 150 Å². The average molecular weight is 343 g/mol. The summed E-state index contributed by atoms with van der Waals surface area (Å²) in [5.41, 5.74) is 2.38. The predicted molar refractivity (Wildman–Crippen MR) is 103 cm³/mol. The maximum Gasteiger partial charge on any atom is 0.191 e. The summed E-state index contributed by atoms with van der Waals surface area (Å²) in [7, 11) is 4.08. The number of anilines is 1. The first-order chi connectivity index (χ1) is 12.1. The van der Waals surface area contributed by atoms with E-state index in [0.717, 1.165) is 37.8 Å². The van der Waals surface area contributed by atoms with E-state index >= 15 is 0 Å². The van der Waals surface area contributed by atoms with Gasteiger partial charge in [0.05, 0.1) is 6.54 Å². The molecule has 2 N–H and O–H groups in total. The van der Waals surface area contributed by atoms with E-state index in [0.29, 0.717) is 6.54 Å². The van der Waals surface area contributed by atoms with Crippen LogP contribution in [0.3, 0.4) is 0 Å². The Morgan fingerprint density at radius 1 is 1.16 bits per heavy atom. The second-order valence-corrected chi connectivity index (χ2v) is 5.98. The Kier molecular flexibility index (Phi) is 7.25. The van der Waals surface area contributed by atoms with Crippen LogP contribution >= 0.6 is 0 Å². The van der Waals surface area contributed by atoms with Crippen LogP contribution < -0.4 is 15.5 Å². The second kappa shape index (κ2) is 9.66. The van der Waals surface area contributed by atoms with Gasteiger partial charge < -0.3 is 20.1 Å². The van der Waals surface area contributed by atoms with Crippen molar-refractivity contribution in [1.82, 2.24) is 25.4 Å². The Morgan fingerprint density at radius 3 is 2.56 bits per heavy atom. The fraction of sp³-hybridized carbons (Fsp3) is 0.500. The zero-order chi connectivity index (χ0) is 18.1. The molecule has 1 aromatic heterocycles. The van der Waals surface area contributed by atoms with Gasteiger partial charge in [-0.25, -0.2) is 4.99 Å². The molecule has 0 fully saturated rings. The number of hydrogen-bond donors (Lipinski definition) is 2. The maximum atomic E-state index is 4.66. The molecule has 0 saturated heterocycles. The maximum absolute atomic E-state index is 4.66. The molecular weight excluding hydrogens is 314 g/mol. The summed E-state index contributed by atoms with van der Waals surface area (Å²) in [5, 5.41) is 14.7. The highest BCUT2D eigenvalue weighted by Crippen LogP contribution is 2.12. The molecule has 2 rings (SSSR count). The largest absolute Gasteiger partial charge is 0.378 e. The lowest BCUT2D eigenvalue weighted by Gasteiger charge is -2.13. The number of nitrogens with one attached hydrogen (secondary N) is 2. The van der Waals surface area contributed by atoms with Gasteiger partial charge in [0.15, 0.2) is 5.96 Å². The third kappa shape index (κ3) is 5.77. The van der Waals surface area contributed by atoms with Crippen molar-refractivity contribution < 1.29 is 0 Å². The summed E-state index contributed by atoms with van der Waals surface area (Å²) in [6, 6.07) is 8.47. The first-order valence-electron chi connectivity index (χ1n) is 8.79. The van der Waals surface area contributed by atoms with Gasteiger partial charge in [-0.3, -0.25) is 0 Å². The first-order valence-corrected chi connectivity index (χ1v) is 8.79. The molecule has 0 amide bonds. The average Bonchev–Trinajstić information content (AvgIpc) is 3.07. The topological polar surface area (TPSA) is 70.4 Å². The fourth-order valence-electron chi connectivity index (χ4n) is 2.45. The summed E-state index contributed by atoms with van der Waals surface area (Å²) >= 11 is 0. The number of aryl methyl sites for hydroxylation is 1. The number of rotatable bonds is 8. The Hall–Kier alpha value is -2.57. The minimum atomic E-state index is 0.649. The van der Waals surface area contributed by atoms with Gasteiger partial charge in [0.2, 0.25) is 0 Å². The quantitative estimate of drug-likeness (QED) is 0.563. The highest BCUT2D eigenvalue weighted by molar-refractivity contribution is 5.79. The molecule has 0 bridgehead atoms. The molecule has 25 heavy (non-hydrogen) atoms. The molecule has 0 unspecified atom stereocenters. The highest BCUT2D eigenvalue weighted by Gasteiger charge is 2.02. The monoisotopic (exact) mass is 343 g/mol. The molecule has 7 heteroatoms. The number of aromatic nitrogens is 3. The van der Waals surface area contributed by atoms with E-state index in [2.05, 4.69) is 73.4 Å². The van der Waals surface area contributed by atoms with E-state index < -0.39 is 0 Å². The SMILES string of the molecule is CCNC(=NCc1ccc(N(C)C)cc1)NCCn1cnnc1CC. The van der Waals surface area contributed by atoms with Gasteiger partial charge in [0.25, 0.3) is 0 Å². The molecule has 0 radical (unpaired) electrons. The molecule has 0 saturated carbocycles. The van der Waals surface area contributed by atoms with Crippen molar-refractivity contribution in [1.29, 1.82) is 0 Å². The zero-order valence-electron chi connectivity index (χ0n) is 15.7. The highest BCUT2D eigenvalue weighted by atomic mass is 15.3. The summed E-state index contributed by atoms with van der Waals surface area (Å²) in [6.07, 6.45) is 2.66. The summed E-state index contributed by atoms with van der Waals surface area (Å²) < 4.78 is 2.07. The molecule has 0 atom stereocenters. The van der Waals surface area contributed by atoms with Gasteiger partial charge >= 0.3 is 0 Å². The van der Waals surface area contributed by atoms with Crippen LogP contribution in [-0.2, 0) is 19.5 Å². The zero-order valence-corrected chi connectivity index (χ0v) is 15.7. The van der Waals surface area contributed by atoms with Crippen LogP contribution in [0.5, 0.6) is 0 Å². The first kappa shape index (κ1) is 18.8. The summed E-state index contributed by atoms with van der Waals surface area (Å²) in [6.45, 7) is 7.22. The Bertz CT molecular complexity index is 658. The number of guanidine groups is 1. The van der Waals surface area contributed by atoms with E-state index in [4.69, 9.17) is 0 Å². The molecular formula is C18H29N7. The van der Waals surface area contributed by atoms with Crippen LogP contribution in [0, 0.1) is 0 Å². The Balaban J connectivity index is 1.89. The molecule has 136 valence electrons. The molecule has 1 aromatic carbocycles. The molecule has 1 heterocycles. The van der Waals surface area contributed by atoms with Gasteiger partial charge in [0.1, 0.15) is 12.2 Å². The van der Waals surface area contributed by atoms with E-state index in [9.17, 15) is 0 Å². The van der Waals surface area contributed by atoms with E-state index in [-0.39, 0.29) is 0 Å². The van der Waals surface area contributed by atoms with Gasteiger partial charge in [-0.15, -0.1) is 10.2 Å². The standard InChI is InChI=1S/C18H29N7/c1-5-17-23-22-14-25(17)12-11-20-18(19-6-2)21-13-15-7-9-16(10-8-15)24(3)4/h7-10,14H,5-6,11-13H2,1-4H3,(H2,19,20,21). The van der Waals surface area contributed by atoms with E-state index in [1.165, 1.54) is 11.3 Å². The van der Waals surface area contributed by atoms with Crippen molar-refractivity contribution in [2.75, 3.05) is 32.1 Å². The van der Waals surface area contributed by atoms with E-state index in [1.807, 2.05) is 14.1 Å². The molecule has 7 nitrogen and oxygen atoms in total. The van der Waals surface area contributed by atoms with Crippen molar-refractivity contribution in [2.24, 2.45) is 4.99 Å². The van der Waals surface area contributed by atoms with Crippen molar-refractivity contribution >= 4 is 11.6 Å². The minimum absolute atomic E-state index is 0.649. The number of aliphatic imine (C=N–C) groups is 1. The second-order valence-electron chi connectivity index (χ2n) is 5.98. The Morgan fingerprint density at radius 2 is 1.92 bits per heavy atom. The van der Waals surface area contributed by atoms with Gasteiger partial charge in [0, 0.05) is 45.8 Å². The van der Waals surface area contributed by atoms with Crippen LogP contribution in [0.2, 0.25) is 0 Å². The van der Waals surface area contributed by atoms with Crippen molar-refractivity contribution in [3.8, 4) is 0 Å². The third-order valence-electron chi connectivity index (χ3n) is 3.87. The number of nitrogens with zero attached hydrogens (tertiary/aromatic N) is 5. The smallest absolute Gasteiger partial charge is 0.191 e. The van der Waals surface area contributed by atoms with Gasteiger partial charge in [-0.2, -0.15) is 0 Å². The van der Waals surface area contributed by atoms with Gasteiger partial charge in [-0.05, 0) is 24.6 Å². The van der Waals surface area contributed by atoms with Crippen LogP contribution in [0.1, 0.15) is 25.2 Å². The lowest BCUT2D eigenvalue weighted by molar-refractivity contribution is 0.632. The molecule has 0 aliphatic carbocycles. The molecule has 0 aliphatic rings. The lowest BCUT2D eigenvalue weighted by atomic mass is 10.2. The number of hydrogen-bond acceptors (Lipinski definition) is 4. The third-order valence-corrected chi connectivity index (χ3v) is 3.87. The summed E-state index contributed by atoms with van der Waals surface area (Å²) in [5.74, 6) is 1.83. The normalized spacial score (nSPS) is 11.4. The van der Waals surface area contributed by atoms with Crippen LogP contribution in [0.25, 0.3) is 0 Å². The van der Waals surface area contributed by atoms with Crippen molar-refractivity contribution in [2.45, 2.75) is 33.4 Å². The molecule has 2 aromatic rings. The van der Waals surface area contributed by atoms with Crippen LogP contribution in [0.4, 0.5) is 5.69 Å². The summed E-state index contributed by atoms with van der Waals surface area (Å²) in [4.78, 5) is 6.75. The van der Waals surface area contributed by atoms with Crippen LogP contribution in [0.15, 0.2) is 35.6 Å². The van der Waals surface area contributed by atoms with Gasteiger partial charge in [-0.1, -0.05) is 19.1 Å².